The molecule has 2 aliphatic heterocycles. The monoisotopic (exact) mass is 285 g/mol. The Morgan fingerprint density at radius 1 is 0.900 bits per heavy atom. The van der Waals surface area contributed by atoms with Crippen LogP contribution in [-0.2, 0) is 4.79 Å². The maximum atomic E-state index is 10.7. The van der Waals surface area contributed by atoms with Crippen LogP contribution in [0.4, 0.5) is 0 Å². The zero-order valence-corrected chi connectivity index (χ0v) is 14.3. The van der Waals surface area contributed by atoms with Crippen molar-refractivity contribution in [1.82, 2.24) is 14.7 Å². The summed E-state index contributed by atoms with van der Waals surface area (Å²) in [5.74, 6) is 0.231. The highest BCUT2D eigenvalue weighted by Crippen LogP contribution is 2.07. The average molecular weight is 285 g/mol. The van der Waals surface area contributed by atoms with E-state index in [-0.39, 0.29) is 5.91 Å². The molecule has 2 rings (SSSR count). The van der Waals surface area contributed by atoms with Gasteiger partial charge in [-0.1, -0.05) is 20.8 Å². The number of hydrogen-bond donors (Lipinski definition) is 0. The van der Waals surface area contributed by atoms with Crippen LogP contribution in [0.1, 0.15) is 47.0 Å². The summed E-state index contributed by atoms with van der Waals surface area (Å²) >= 11 is 0. The molecule has 2 heterocycles. The second kappa shape index (κ2) is 12.2. The van der Waals surface area contributed by atoms with Crippen LogP contribution in [0.3, 0.4) is 0 Å². The third-order valence-electron chi connectivity index (χ3n) is 3.84. The van der Waals surface area contributed by atoms with E-state index in [0.29, 0.717) is 0 Å². The minimum absolute atomic E-state index is 0.231. The molecule has 0 bridgehead atoms. The number of carbonyl (C=O) groups is 1. The summed E-state index contributed by atoms with van der Waals surface area (Å²) < 4.78 is 0. The van der Waals surface area contributed by atoms with E-state index in [0.717, 1.165) is 13.1 Å². The van der Waals surface area contributed by atoms with Crippen molar-refractivity contribution in [2.45, 2.75) is 47.0 Å². The van der Waals surface area contributed by atoms with Gasteiger partial charge >= 0.3 is 0 Å². The molecule has 2 saturated heterocycles. The van der Waals surface area contributed by atoms with Crippen LogP contribution in [0.5, 0.6) is 0 Å². The third kappa shape index (κ3) is 8.54. The second-order valence-corrected chi connectivity index (χ2v) is 5.30. The lowest BCUT2D eigenvalue weighted by atomic mass is 10.1. The molecular formula is C16H35N3O. The number of likely N-dealkylation sites (tertiary alicyclic amines) is 1. The lowest BCUT2D eigenvalue weighted by molar-refractivity contribution is -0.129. The summed E-state index contributed by atoms with van der Waals surface area (Å²) in [7, 11) is 2.19. The lowest BCUT2D eigenvalue weighted by Gasteiger charge is -2.31. The molecule has 2 fully saturated rings. The molecule has 120 valence electrons. The molecular weight excluding hydrogens is 250 g/mol. The molecule has 0 aromatic carbocycles. The Kier molecular flexibility index (Phi) is 11.8. The molecule has 0 aromatic heterocycles. The highest BCUT2D eigenvalue weighted by molar-refractivity contribution is 5.73. The number of nitrogens with zero attached hydrogens (tertiary/aromatic N) is 3. The zero-order chi connectivity index (χ0) is 15.4. The van der Waals surface area contributed by atoms with Crippen LogP contribution >= 0.6 is 0 Å². The number of rotatable bonds is 1. The molecule has 0 atom stereocenters. The molecule has 0 radical (unpaired) electrons. The molecule has 0 aliphatic carbocycles. The van der Waals surface area contributed by atoms with E-state index in [4.69, 9.17) is 0 Å². The van der Waals surface area contributed by atoms with Gasteiger partial charge in [0.2, 0.25) is 5.91 Å². The molecule has 0 saturated carbocycles. The van der Waals surface area contributed by atoms with Crippen LogP contribution < -0.4 is 0 Å². The molecule has 20 heavy (non-hydrogen) atoms. The van der Waals surface area contributed by atoms with Crippen LogP contribution in [-0.4, -0.2) is 73.5 Å². The van der Waals surface area contributed by atoms with Crippen molar-refractivity contribution < 1.29 is 4.79 Å². The van der Waals surface area contributed by atoms with Gasteiger partial charge in [0.1, 0.15) is 0 Å². The summed E-state index contributed by atoms with van der Waals surface area (Å²) in [6.07, 6.45) is 3.68. The standard InChI is InChI=1S/C7H16N2.C7H13NO.C2H6/c1-3-9-6-4-8(2)5-7-9;1-7(9)8-5-3-2-4-6-8;1-2/h3-7H2,1-2H3;2-6H2,1H3;1-2H3. The van der Waals surface area contributed by atoms with Crippen molar-refractivity contribution in [3.05, 3.63) is 0 Å². The summed E-state index contributed by atoms with van der Waals surface area (Å²) in [6.45, 7) is 16.1. The van der Waals surface area contributed by atoms with Gasteiger partial charge < -0.3 is 14.7 Å². The van der Waals surface area contributed by atoms with Crippen molar-refractivity contribution in [1.29, 1.82) is 0 Å². The smallest absolute Gasteiger partial charge is 0.219 e. The van der Waals surface area contributed by atoms with Gasteiger partial charge in [0.15, 0.2) is 0 Å². The van der Waals surface area contributed by atoms with Gasteiger partial charge in [0, 0.05) is 46.2 Å². The minimum atomic E-state index is 0.231. The fourth-order valence-electron chi connectivity index (χ4n) is 2.37. The first-order valence-electron chi connectivity index (χ1n) is 8.30. The summed E-state index contributed by atoms with van der Waals surface area (Å²) in [5, 5.41) is 0. The molecule has 4 heteroatoms. The Morgan fingerprint density at radius 2 is 1.40 bits per heavy atom. The summed E-state index contributed by atoms with van der Waals surface area (Å²) in [5.41, 5.74) is 0. The Morgan fingerprint density at radius 3 is 1.75 bits per heavy atom. The first-order chi connectivity index (χ1) is 9.63. The van der Waals surface area contributed by atoms with Crippen LogP contribution in [0, 0.1) is 0 Å². The normalized spacial score (nSPS) is 20.4. The highest BCUT2D eigenvalue weighted by atomic mass is 16.2. The van der Waals surface area contributed by atoms with Gasteiger partial charge in [-0.3, -0.25) is 4.79 Å². The van der Waals surface area contributed by atoms with Gasteiger partial charge in [0.25, 0.3) is 0 Å². The SMILES string of the molecule is CC.CC(=O)N1CCCCC1.CCN1CCN(C)CC1. The fraction of sp³-hybridized carbons (Fsp3) is 0.938. The van der Waals surface area contributed by atoms with E-state index < -0.39 is 0 Å². The van der Waals surface area contributed by atoms with E-state index in [2.05, 4.69) is 23.8 Å². The number of carbonyl (C=O) groups excluding carboxylic acids is 1. The number of hydrogen-bond acceptors (Lipinski definition) is 3. The quantitative estimate of drug-likeness (QED) is 0.739. The van der Waals surface area contributed by atoms with Gasteiger partial charge in [0.05, 0.1) is 0 Å². The fourth-order valence-corrected chi connectivity index (χ4v) is 2.37. The van der Waals surface area contributed by atoms with Gasteiger partial charge in [-0.05, 0) is 32.9 Å². The number of likely N-dealkylation sites (N-methyl/N-ethyl adjacent to an activating group) is 2. The van der Waals surface area contributed by atoms with E-state index in [9.17, 15) is 4.79 Å². The van der Waals surface area contributed by atoms with E-state index in [1.807, 2.05) is 18.7 Å². The second-order valence-electron chi connectivity index (χ2n) is 5.30. The molecule has 0 spiro atoms. The van der Waals surface area contributed by atoms with Crippen molar-refractivity contribution in [3.63, 3.8) is 0 Å². The number of piperazine rings is 1. The maximum Gasteiger partial charge on any atom is 0.219 e. The van der Waals surface area contributed by atoms with Crippen molar-refractivity contribution in [3.8, 4) is 0 Å². The Balaban J connectivity index is 0.000000321. The number of amides is 1. The molecule has 0 unspecified atom stereocenters. The Bertz CT molecular complexity index is 232. The highest BCUT2D eigenvalue weighted by Gasteiger charge is 2.11. The van der Waals surface area contributed by atoms with Crippen LogP contribution in [0.15, 0.2) is 0 Å². The van der Waals surface area contributed by atoms with Crippen molar-refractivity contribution >= 4 is 5.91 Å². The third-order valence-corrected chi connectivity index (χ3v) is 3.84. The molecule has 0 aromatic rings. The van der Waals surface area contributed by atoms with Crippen molar-refractivity contribution in [2.75, 3.05) is 52.9 Å². The van der Waals surface area contributed by atoms with E-state index in [1.54, 1.807) is 6.92 Å². The predicted octanol–water partition coefficient (Wildman–Crippen LogP) is 2.30. The largest absolute Gasteiger partial charge is 0.343 e. The maximum absolute atomic E-state index is 10.7. The average Bonchev–Trinajstić information content (AvgIpc) is 2.51. The van der Waals surface area contributed by atoms with Crippen LogP contribution in [0.2, 0.25) is 0 Å². The van der Waals surface area contributed by atoms with Crippen molar-refractivity contribution in [2.24, 2.45) is 0 Å². The number of piperidine rings is 1. The van der Waals surface area contributed by atoms with E-state index >= 15 is 0 Å². The minimum Gasteiger partial charge on any atom is -0.343 e. The lowest BCUT2D eigenvalue weighted by Crippen LogP contribution is -2.44. The molecule has 1 amide bonds. The topological polar surface area (TPSA) is 26.8 Å². The van der Waals surface area contributed by atoms with Crippen LogP contribution in [0.25, 0.3) is 0 Å². The Hall–Kier alpha value is -0.610. The molecule has 0 N–H and O–H groups in total. The van der Waals surface area contributed by atoms with Gasteiger partial charge in [-0.25, -0.2) is 0 Å². The first kappa shape index (κ1) is 19.4. The predicted molar refractivity (Wildman–Crippen MR) is 87.1 cm³/mol. The summed E-state index contributed by atoms with van der Waals surface area (Å²) in [6, 6.07) is 0. The zero-order valence-electron chi connectivity index (χ0n) is 14.3. The summed E-state index contributed by atoms with van der Waals surface area (Å²) in [4.78, 5) is 17.5. The molecule has 4 nitrogen and oxygen atoms in total. The van der Waals surface area contributed by atoms with Gasteiger partial charge in [-0.15, -0.1) is 0 Å². The first-order valence-corrected chi connectivity index (χ1v) is 8.30. The Labute approximate surface area is 126 Å². The van der Waals surface area contributed by atoms with E-state index in [1.165, 1.54) is 52.0 Å². The van der Waals surface area contributed by atoms with Gasteiger partial charge in [-0.2, -0.15) is 0 Å². The molecule has 2 aliphatic rings.